The monoisotopic (exact) mass is 248 g/mol. The first-order chi connectivity index (χ1) is 7.66. The molecule has 0 N–H and O–H groups in total. The van der Waals surface area contributed by atoms with E-state index in [0.29, 0.717) is 0 Å². The van der Waals surface area contributed by atoms with Crippen molar-refractivity contribution >= 4 is 23.4 Å². The number of aryl methyl sites for hydroxylation is 2. The fraction of sp³-hybridized carbons (Fsp3) is 0.143. The Labute approximate surface area is 106 Å². The van der Waals surface area contributed by atoms with Crippen molar-refractivity contribution in [1.82, 2.24) is 0 Å². The zero-order valence-corrected chi connectivity index (χ0v) is 10.9. The molecular weight excluding hydrogens is 236 g/mol. The Morgan fingerprint density at radius 3 is 2.00 bits per heavy atom. The summed E-state index contributed by atoms with van der Waals surface area (Å²) < 4.78 is 0. The van der Waals surface area contributed by atoms with E-state index in [-0.39, 0.29) is 0 Å². The van der Waals surface area contributed by atoms with Gasteiger partial charge >= 0.3 is 0 Å². The third kappa shape index (κ3) is 2.60. The molecule has 0 radical (unpaired) electrons. The second kappa shape index (κ2) is 4.94. The molecule has 0 saturated carbocycles. The summed E-state index contributed by atoms with van der Waals surface area (Å²) >= 11 is 7.66. The van der Waals surface area contributed by atoms with Gasteiger partial charge in [-0.15, -0.1) is 0 Å². The highest BCUT2D eigenvalue weighted by Crippen LogP contribution is 2.33. The molecule has 0 unspecified atom stereocenters. The summed E-state index contributed by atoms with van der Waals surface area (Å²) in [6, 6.07) is 14.3. The summed E-state index contributed by atoms with van der Waals surface area (Å²) in [5.74, 6) is 0. The van der Waals surface area contributed by atoms with Gasteiger partial charge in [-0.1, -0.05) is 41.6 Å². The minimum absolute atomic E-state index is 0.783. The quantitative estimate of drug-likeness (QED) is 0.712. The second-order valence-corrected chi connectivity index (χ2v) is 5.30. The zero-order valence-electron chi connectivity index (χ0n) is 9.33. The molecule has 2 rings (SSSR count). The molecule has 0 aliphatic heterocycles. The van der Waals surface area contributed by atoms with E-state index in [0.717, 1.165) is 5.02 Å². The van der Waals surface area contributed by atoms with E-state index in [9.17, 15) is 0 Å². The Bertz CT molecular complexity index is 468. The van der Waals surface area contributed by atoms with Crippen molar-refractivity contribution in [3.8, 4) is 0 Å². The Balaban J connectivity index is 2.30. The van der Waals surface area contributed by atoms with Gasteiger partial charge in [-0.05, 0) is 49.2 Å². The van der Waals surface area contributed by atoms with E-state index in [4.69, 9.17) is 11.6 Å². The van der Waals surface area contributed by atoms with Crippen LogP contribution in [0.15, 0.2) is 52.3 Å². The maximum Gasteiger partial charge on any atom is 0.0406 e. The lowest BCUT2D eigenvalue weighted by molar-refractivity contribution is 1.21. The Kier molecular flexibility index (Phi) is 3.57. The van der Waals surface area contributed by atoms with Crippen molar-refractivity contribution in [3.05, 3.63) is 58.6 Å². The molecule has 0 fully saturated rings. The molecule has 0 amide bonds. The van der Waals surface area contributed by atoms with Crippen molar-refractivity contribution in [2.45, 2.75) is 23.6 Å². The molecule has 0 heterocycles. The first-order valence-corrected chi connectivity index (χ1v) is 6.36. The van der Waals surface area contributed by atoms with Gasteiger partial charge in [-0.25, -0.2) is 0 Å². The van der Waals surface area contributed by atoms with Crippen LogP contribution in [-0.4, -0.2) is 0 Å². The van der Waals surface area contributed by atoms with Crippen molar-refractivity contribution in [1.29, 1.82) is 0 Å². The summed E-state index contributed by atoms with van der Waals surface area (Å²) in [6.07, 6.45) is 0. The normalized spacial score (nSPS) is 10.4. The standard InChI is InChI=1S/C14H13ClS/c1-10-4-3-5-11(2)14(10)16-13-8-6-12(15)7-9-13/h3-9H,1-2H3. The molecule has 2 aromatic carbocycles. The first-order valence-electron chi connectivity index (χ1n) is 5.16. The molecule has 0 spiro atoms. The predicted octanol–water partition coefficient (Wildman–Crippen LogP) is 5.11. The highest BCUT2D eigenvalue weighted by Gasteiger charge is 2.03. The van der Waals surface area contributed by atoms with E-state index in [1.165, 1.54) is 20.9 Å². The van der Waals surface area contributed by atoms with Crippen LogP contribution in [0.5, 0.6) is 0 Å². The predicted molar refractivity (Wildman–Crippen MR) is 71.5 cm³/mol. The second-order valence-electron chi connectivity index (χ2n) is 3.78. The SMILES string of the molecule is Cc1cccc(C)c1Sc1ccc(Cl)cc1. The molecular formula is C14H13ClS. The van der Waals surface area contributed by atoms with Crippen molar-refractivity contribution in [2.75, 3.05) is 0 Å². The zero-order chi connectivity index (χ0) is 11.5. The van der Waals surface area contributed by atoms with E-state index in [2.05, 4.69) is 44.2 Å². The van der Waals surface area contributed by atoms with Crippen LogP contribution in [-0.2, 0) is 0 Å². The van der Waals surface area contributed by atoms with Crippen molar-refractivity contribution in [3.63, 3.8) is 0 Å². The largest absolute Gasteiger partial charge is 0.0895 e. The Morgan fingerprint density at radius 1 is 0.875 bits per heavy atom. The molecule has 0 aliphatic rings. The van der Waals surface area contributed by atoms with Gasteiger partial charge in [-0.2, -0.15) is 0 Å². The summed E-state index contributed by atoms with van der Waals surface area (Å²) in [4.78, 5) is 2.56. The molecule has 82 valence electrons. The van der Waals surface area contributed by atoms with E-state index < -0.39 is 0 Å². The third-order valence-electron chi connectivity index (χ3n) is 2.44. The van der Waals surface area contributed by atoms with Crippen molar-refractivity contribution < 1.29 is 0 Å². The minimum Gasteiger partial charge on any atom is -0.0895 e. The van der Waals surface area contributed by atoms with Crippen LogP contribution in [0, 0.1) is 13.8 Å². The van der Waals surface area contributed by atoms with Crippen molar-refractivity contribution in [2.24, 2.45) is 0 Å². The lowest BCUT2D eigenvalue weighted by Gasteiger charge is -2.08. The minimum atomic E-state index is 0.783. The van der Waals surface area contributed by atoms with E-state index in [1.807, 2.05) is 12.1 Å². The maximum atomic E-state index is 5.87. The van der Waals surface area contributed by atoms with Gasteiger partial charge in [0.05, 0.1) is 0 Å². The van der Waals surface area contributed by atoms with Gasteiger partial charge < -0.3 is 0 Å². The van der Waals surface area contributed by atoms with Gasteiger partial charge in [0.1, 0.15) is 0 Å². The van der Waals surface area contributed by atoms with Crippen LogP contribution in [0.1, 0.15) is 11.1 Å². The lowest BCUT2D eigenvalue weighted by atomic mass is 10.2. The number of hydrogen-bond acceptors (Lipinski definition) is 1. The van der Waals surface area contributed by atoms with Crippen LogP contribution in [0.2, 0.25) is 5.02 Å². The maximum absolute atomic E-state index is 5.87. The molecule has 2 heteroatoms. The van der Waals surface area contributed by atoms with Gasteiger partial charge in [-0.3, -0.25) is 0 Å². The molecule has 0 atom stereocenters. The molecule has 0 saturated heterocycles. The van der Waals surface area contributed by atoms with Crippen LogP contribution >= 0.6 is 23.4 Å². The summed E-state index contributed by atoms with van der Waals surface area (Å²) in [5.41, 5.74) is 2.64. The molecule has 16 heavy (non-hydrogen) atoms. The van der Waals surface area contributed by atoms with E-state index in [1.54, 1.807) is 11.8 Å². The number of benzene rings is 2. The molecule has 0 nitrogen and oxygen atoms in total. The molecule has 0 aromatic heterocycles. The fourth-order valence-electron chi connectivity index (χ4n) is 1.58. The third-order valence-corrected chi connectivity index (χ3v) is 4.05. The first kappa shape index (κ1) is 11.6. The summed E-state index contributed by atoms with van der Waals surface area (Å²) in [5, 5.41) is 0.783. The van der Waals surface area contributed by atoms with E-state index >= 15 is 0 Å². The van der Waals surface area contributed by atoms with Gasteiger partial charge in [0.2, 0.25) is 0 Å². The topological polar surface area (TPSA) is 0 Å². The average Bonchev–Trinajstić information content (AvgIpc) is 2.26. The molecule has 2 aromatic rings. The highest BCUT2D eigenvalue weighted by molar-refractivity contribution is 7.99. The Morgan fingerprint density at radius 2 is 1.44 bits per heavy atom. The number of rotatable bonds is 2. The van der Waals surface area contributed by atoms with Gasteiger partial charge in [0.15, 0.2) is 0 Å². The lowest BCUT2D eigenvalue weighted by Crippen LogP contribution is -1.84. The number of hydrogen-bond donors (Lipinski definition) is 0. The fourth-order valence-corrected chi connectivity index (χ4v) is 2.67. The van der Waals surface area contributed by atoms with Gasteiger partial charge in [0.25, 0.3) is 0 Å². The highest BCUT2D eigenvalue weighted by atomic mass is 35.5. The van der Waals surface area contributed by atoms with Crippen LogP contribution in [0.3, 0.4) is 0 Å². The van der Waals surface area contributed by atoms with Crippen LogP contribution in [0.4, 0.5) is 0 Å². The average molecular weight is 249 g/mol. The molecule has 0 bridgehead atoms. The molecule has 0 aliphatic carbocycles. The summed E-state index contributed by atoms with van der Waals surface area (Å²) in [6.45, 7) is 4.29. The Hall–Kier alpha value is -0.920. The number of halogens is 1. The smallest absolute Gasteiger partial charge is 0.0406 e. The summed E-state index contributed by atoms with van der Waals surface area (Å²) in [7, 11) is 0. The van der Waals surface area contributed by atoms with Crippen LogP contribution < -0.4 is 0 Å². The van der Waals surface area contributed by atoms with Crippen LogP contribution in [0.25, 0.3) is 0 Å². The van der Waals surface area contributed by atoms with Gasteiger partial charge in [0, 0.05) is 14.8 Å².